The SMILES string of the molecule is CCN(Cc1ccco1)Cc1nc(C)no1. The first kappa shape index (κ1) is 10.9. The fourth-order valence-electron chi connectivity index (χ4n) is 1.50. The summed E-state index contributed by atoms with van der Waals surface area (Å²) in [6, 6.07) is 3.85. The van der Waals surface area contributed by atoms with Gasteiger partial charge in [-0.05, 0) is 25.6 Å². The maximum absolute atomic E-state index is 5.30. The van der Waals surface area contributed by atoms with Crippen molar-refractivity contribution in [1.82, 2.24) is 15.0 Å². The Morgan fingerprint density at radius 1 is 1.38 bits per heavy atom. The van der Waals surface area contributed by atoms with E-state index in [1.807, 2.05) is 19.1 Å². The lowest BCUT2D eigenvalue weighted by Crippen LogP contribution is -2.22. The van der Waals surface area contributed by atoms with Crippen LogP contribution in [0.5, 0.6) is 0 Å². The van der Waals surface area contributed by atoms with Gasteiger partial charge in [-0.1, -0.05) is 12.1 Å². The molecule has 16 heavy (non-hydrogen) atoms. The van der Waals surface area contributed by atoms with Gasteiger partial charge in [0.1, 0.15) is 5.76 Å². The fraction of sp³-hybridized carbons (Fsp3) is 0.455. The van der Waals surface area contributed by atoms with Crippen molar-refractivity contribution >= 4 is 0 Å². The summed E-state index contributed by atoms with van der Waals surface area (Å²) >= 11 is 0. The molecular formula is C11H15N3O2. The molecule has 0 aliphatic rings. The van der Waals surface area contributed by atoms with Gasteiger partial charge in [-0.25, -0.2) is 0 Å². The van der Waals surface area contributed by atoms with Crippen LogP contribution in [0.15, 0.2) is 27.3 Å². The summed E-state index contributed by atoms with van der Waals surface area (Å²) in [7, 11) is 0. The first-order chi connectivity index (χ1) is 7.78. The molecule has 5 heteroatoms. The summed E-state index contributed by atoms with van der Waals surface area (Å²) < 4.78 is 10.4. The van der Waals surface area contributed by atoms with Crippen molar-refractivity contribution in [2.45, 2.75) is 26.9 Å². The zero-order valence-electron chi connectivity index (χ0n) is 9.51. The molecule has 0 saturated heterocycles. The van der Waals surface area contributed by atoms with Crippen LogP contribution in [0.3, 0.4) is 0 Å². The van der Waals surface area contributed by atoms with Crippen LogP contribution >= 0.6 is 0 Å². The van der Waals surface area contributed by atoms with Crippen molar-refractivity contribution in [1.29, 1.82) is 0 Å². The fourth-order valence-corrected chi connectivity index (χ4v) is 1.50. The second kappa shape index (κ2) is 4.94. The molecule has 0 bridgehead atoms. The lowest BCUT2D eigenvalue weighted by atomic mass is 10.4. The molecule has 0 aliphatic carbocycles. The van der Waals surface area contributed by atoms with Gasteiger partial charge < -0.3 is 8.94 Å². The Bertz CT molecular complexity index is 422. The van der Waals surface area contributed by atoms with Crippen molar-refractivity contribution in [3.8, 4) is 0 Å². The number of furan rings is 1. The van der Waals surface area contributed by atoms with Gasteiger partial charge in [0.05, 0.1) is 19.4 Å². The maximum Gasteiger partial charge on any atom is 0.240 e. The van der Waals surface area contributed by atoms with Gasteiger partial charge in [-0.3, -0.25) is 4.90 Å². The number of hydrogen-bond donors (Lipinski definition) is 0. The monoisotopic (exact) mass is 221 g/mol. The number of aromatic nitrogens is 2. The number of rotatable bonds is 5. The highest BCUT2D eigenvalue weighted by atomic mass is 16.5. The minimum atomic E-state index is 0.644. The molecule has 0 N–H and O–H groups in total. The summed E-state index contributed by atoms with van der Waals surface area (Å²) in [5.74, 6) is 2.26. The Labute approximate surface area is 94.1 Å². The molecule has 2 aromatic rings. The minimum Gasteiger partial charge on any atom is -0.468 e. The van der Waals surface area contributed by atoms with Crippen LogP contribution in [-0.4, -0.2) is 21.6 Å². The summed E-state index contributed by atoms with van der Waals surface area (Å²) in [4.78, 5) is 6.35. The van der Waals surface area contributed by atoms with Crippen LogP contribution < -0.4 is 0 Å². The second-order valence-corrected chi connectivity index (χ2v) is 3.62. The largest absolute Gasteiger partial charge is 0.468 e. The van der Waals surface area contributed by atoms with Gasteiger partial charge in [0, 0.05) is 0 Å². The van der Waals surface area contributed by atoms with Crippen molar-refractivity contribution < 1.29 is 8.94 Å². The van der Waals surface area contributed by atoms with Crippen molar-refractivity contribution in [3.63, 3.8) is 0 Å². The van der Waals surface area contributed by atoms with Crippen LogP contribution in [-0.2, 0) is 13.1 Å². The first-order valence-corrected chi connectivity index (χ1v) is 5.32. The number of aryl methyl sites for hydroxylation is 1. The predicted molar refractivity (Wildman–Crippen MR) is 57.5 cm³/mol. The molecule has 86 valence electrons. The van der Waals surface area contributed by atoms with Crippen molar-refractivity contribution in [2.75, 3.05) is 6.54 Å². The van der Waals surface area contributed by atoms with Gasteiger partial charge in [0.15, 0.2) is 5.82 Å². The molecule has 0 unspecified atom stereocenters. The van der Waals surface area contributed by atoms with Gasteiger partial charge in [0.25, 0.3) is 0 Å². The van der Waals surface area contributed by atoms with Crippen molar-refractivity contribution in [2.24, 2.45) is 0 Å². The topological polar surface area (TPSA) is 55.3 Å². The van der Waals surface area contributed by atoms with Gasteiger partial charge in [-0.2, -0.15) is 4.98 Å². The van der Waals surface area contributed by atoms with E-state index in [4.69, 9.17) is 8.94 Å². The Kier molecular flexibility index (Phi) is 3.36. The van der Waals surface area contributed by atoms with Crippen LogP contribution in [0.25, 0.3) is 0 Å². The molecule has 2 rings (SSSR count). The zero-order valence-corrected chi connectivity index (χ0v) is 9.51. The number of nitrogens with zero attached hydrogens (tertiary/aromatic N) is 3. The normalized spacial score (nSPS) is 11.2. The minimum absolute atomic E-state index is 0.644. The van der Waals surface area contributed by atoms with Gasteiger partial charge >= 0.3 is 0 Å². The third kappa shape index (κ3) is 2.70. The Morgan fingerprint density at radius 2 is 2.25 bits per heavy atom. The standard InChI is InChI=1S/C11H15N3O2/c1-3-14(7-10-5-4-6-15-10)8-11-12-9(2)13-16-11/h4-6H,3,7-8H2,1-2H3. The molecule has 0 atom stereocenters. The lowest BCUT2D eigenvalue weighted by Gasteiger charge is -2.16. The average Bonchev–Trinajstić information content (AvgIpc) is 2.89. The number of hydrogen-bond acceptors (Lipinski definition) is 5. The molecule has 5 nitrogen and oxygen atoms in total. The van der Waals surface area contributed by atoms with E-state index < -0.39 is 0 Å². The molecule has 2 heterocycles. The van der Waals surface area contributed by atoms with Gasteiger partial charge in [0.2, 0.25) is 5.89 Å². The average molecular weight is 221 g/mol. The van der Waals surface area contributed by atoms with Crippen LogP contribution in [0, 0.1) is 6.92 Å². The van der Waals surface area contributed by atoms with E-state index in [0.29, 0.717) is 18.3 Å². The molecule has 0 radical (unpaired) electrons. The summed E-state index contributed by atoms with van der Waals surface area (Å²) in [6.45, 7) is 6.22. The highest BCUT2D eigenvalue weighted by molar-refractivity contribution is 4.98. The molecule has 0 amide bonds. The van der Waals surface area contributed by atoms with E-state index in [0.717, 1.165) is 18.8 Å². The third-order valence-electron chi connectivity index (χ3n) is 2.34. The van der Waals surface area contributed by atoms with E-state index in [1.165, 1.54) is 0 Å². The highest BCUT2D eigenvalue weighted by Gasteiger charge is 2.10. The van der Waals surface area contributed by atoms with E-state index in [-0.39, 0.29) is 0 Å². The molecule has 0 aromatic carbocycles. The second-order valence-electron chi connectivity index (χ2n) is 3.62. The lowest BCUT2D eigenvalue weighted by molar-refractivity contribution is 0.213. The molecule has 0 spiro atoms. The maximum atomic E-state index is 5.30. The van der Waals surface area contributed by atoms with Crippen molar-refractivity contribution in [3.05, 3.63) is 35.9 Å². The van der Waals surface area contributed by atoms with E-state index in [2.05, 4.69) is 22.0 Å². The summed E-state index contributed by atoms with van der Waals surface area (Å²) in [5.41, 5.74) is 0. The highest BCUT2D eigenvalue weighted by Crippen LogP contribution is 2.08. The molecular weight excluding hydrogens is 206 g/mol. The smallest absolute Gasteiger partial charge is 0.240 e. The van der Waals surface area contributed by atoms with E-state index in [9.17, 15) is 0 Å². The molecule has 0 fully saturated rings. The molecule has 2 aromatic heterocycles. The quantitative estimate of drug-likeness (QED) is 0.772. The van der Waals surface area contributed by atoms with E-state index in [1.54, 1.807) is 6.26 Å². The van der Waals surface area contributed by atoms with Gasteiger partial charge in [-0.15, -0.1) is 0 Å². The zero-order chi connectivity index (χ0) is 11.4. The first-order valence-electron chi connectivity index (χ1n) is 5.32. The summed E-state index contributed by atoms with van der Waals surface area (Å²) in [5, 5.41) is 3.76. The third-order valence-corrected chi connectivity index (χ3v) is 2.34. The Hall–Kier alpha value is -1.62. The van der Waals surface area contributed by atoms with Crippen LogP contribution in [0.4, 0.5) is 0 Å². The predicted octanol–water partition coefficient (Wildman–Crippen LogP) is 1.99. The van der Waals surface area contributed by atoms with Crippen LogP contribution in [0.2, 0.25) is 0 Å². The Morgan fingerprint density at radius 3 is 2.81 bits per heavy atom. The summed E-state index contributed by atoms with van der Waals surface area (Å²) in [6.07, 6.45) is 1.68. The van der Waals surface area contributed by atoms with Crippen LogP contribution in [0.1, 0.15) is 24.4 Å². The molecule has 0 saturated carbocycles. The Balaban J connectivity index is 1.95. The molecule has 0 aliphatic heterocycles. The van der Waals surface area contributed by atoms with E-state index >= 15 is 0 Å².